The monoisotopic (exact) mass is 441 g/mol. The van der Waals surface area contributed by atoms with Crippen molar-refractivity contribution in [3.63, 3.8) is 0 Å². The van der Waals surface area contributed by atoms with Gasteiger partial charge in [-0.05, 0) is 31.2 Å². The molecule has 4 N–H and O–H groups in total. The molecule has 2 rings (SSSR count). The van der Waals surface area contributed by atoms with E-state index in [1.54, 1.807) is 6.92 Å². The number of hydrogen-bond acceptors (Lipinski definition) is 9. The Labute approximate surface area is 184 Å². The van der Waals surface area contributed by atoms with Crippen LogP contribution >= 0.6 is 0 Å². The van der Waals surface area contributed by atoms with Crippen molar-refractivity contribution in [2.45, 2.75) is 13.0 Å². The minimum atomic E-state index is -1.43. The molecular formula is C22H23N3O7. The van der Waals surface area contributed by atoms with Crippen molar-refractivity contribution in [2.24, 2.45) is 5.73 Å². The van der Waals surface area contributed by atoms with E-state index in [-0.39, 0.29) is 30.2 Å². The molecule has 0 saturated heterocycles. The van der Waals surface area contributed by atoms with E-state index in [2.05, 4.69) is 10.1 Å². The number of amidine groups is 1. The van der Waals surface area contributed by atoms with Gasteiger partial charge in [0.15, 0.2) is 18.2 Å². The molecule has 0 aliphatic rings. The average Bonchev–Trinajstić information content (AvgIpc) is 2.81. The number of amides is 1. The first-order valence-corrected chi connectivity index (χ1v) is 9.53. The van der Waals surface area contributed by atoms with Gasteiger partial charge in [-0.25, -0.2) is 9.59 Å². The molecule has 10 heteroatoms. The summed E-state index contributed by atoms with van der Waals surface area (Å²) in [6, 6.07) is 10.1. The van der Waals surface area contributed by atoms with E-state index in [0.717, 1.165) is 0 Å². The summed E-state index contributed by atoms with van der Waals surface area (Å²) in [5.74, 6) is -1.58. The van der Waals surface area contributed by atoms with Crippen LogP contribution in [-0.2, 0) is 14.3 Å². The van der Waals surface area contributed by atoms with Crippen LogP contribution in [0.4, 0.5) is 4.79 Å². The summed E-state index contributed by atoms with van der Waals surface area (Å²) in [7, 11) is 1.24. The number of benzene rings is 2. The largest absolute Gasteiger partial charge is 0.482 e. The van der Waals surface area contributed by atoms with E-state index in [0.29, 0.717) is 11.3 Å². The second-order valence-electron chi connectivity index (χ2n) is 6.39. The SMILES string of the molecule is CCOC(=O)NC(=N)c1ccc(C(=O)C(N)C(=O)c2ccc(OCC(=O)OC)cc2)cc1. The maximum absolute atomic E-state index is 12.6. The Morgan fingerprint density at radius 3 is 1.94 bits per heavy atom. The molecule has 2 aromatic carbocycles. The minimum absolute atomic E-state index is 0.168. The van der Waals surface area contributed by atoms with Crippen molar-refractivity contribution in [3.8, 4) is 5.75 Å². The zero-order chi connectivity index (χ0) is 23.7. The third-order valence-corrected chi connectivity index (χ3v) is 4.25. The third-order valence-electron chi connectivity index (χ3n) is 4.25. The molecule has 2 aromatic rings. The van der Waals surface area contributed by atoms with Gasteiger partial charge in [0, 0.05) is 16.7 Å². The molecule has 0 spiro atoms. The van der Waals surface area contributed by atoms with Gasteiger partial charge < -0.3 is 19.9 Å². The molecule has 168 valence electrons. The number of ketones is 2. The smallest absolute Gasteiger partial charge is 0.412 e. The van der Waals surface area contributed by atoms with Crippen molar-refractivity contribution in [2.75, 3.05) is 20.3 Å². The van der Waals surface area contributed by atoms with Gasteiger partial charge in [-0.2, -0.15) is 0 Å². The van der Waals surface area contributed by atoms with Crippen molar-refractivity contribution in [3.05, 3.63) is 65.2 Å². The Hall–Kier alpha value is -4.05. The van der Waals surface area contributed by atoms with E-state index < -0.39 is 29.7 Å². The topological polar surface area (TPSA) is 158 Å². The highest BCUT2D eigenvalue weighted by Crippen LogP contribution is 2.15. The number of methoxy groups -OCH3 is 1. The fourth-order valence-corrected chi connectivity index (χ4v) is 2.54. The van der Waals surface area contributed by atoms with Gasteiger partial charge in [0.2, 0.25) is 0 Å². The molecule has 0 radical (unpaired) electrons. The lowest BCUT2D eigenvalue weighted by Gasteiger charge is -2.12. The Balaban J connectivity index is 2.01. The molecule has 0 bridgehead atoms. The van der Waals surface area contributed by atoms with Gasteiger partial charge in [-0.3, -0.25) is 20.3 Å². The molecule has 10 nitrogen and oxygen atoms in total. The number of alkyl carbamates (subject to hydrolysis) is 1. The molecular weight excluding hydrogens is 418 g/mol. The lowest BCUT2D eigenvalue weighted by Crippen LogP contribution is -2.38. The van der Waals surface area contributed by atoms with Crippen LogP contribution < -0.4 is 15.8 Å². The van der Waals surface area contributed by atoms with Gasteiger partial charge in [0.1, 0.15) is 17.6 Å². The second-order valence-corrected chi connectivity index (χ2v) is 6.39. The number of ether oxygens (including phenoxy) is 3. The zero-order valence-corrected chi connectivity index (χ0v) is 17.5. The van der Waals surface area contributed by atoms with Crippen LogP contribution in [0.2, 0.25) is 0 Å². The molecule has 1 unspecified atom stereocenters. The van der Waals surface area contributed by atoms with Gasteiger partial charge in [-0.1, -0.05) is 24.3 Å². The number of carbonyl (C=O) groups is 4. The number of Topliss-reactive ketones (excluding diaryl/α,β-unsaturated/α-hetero) is 2. The lowest BCUT2D eigenvalue weighted by atomic mass is 9.96. The Morgan fingerprint density at radius 1 is 0.938 bits per heavy atom. The number of carbonyl (C=O) groups excluding carboxylic acids is 4. The van der Waals surface area contributed by atoms with Crippen LogP contribution in [0.25, 0.3) is 0 Å². The maximum atomic E-state index is 12.6. The van der Waals surface area contributed by atoms with Crippen LogP contribution in [0.15, 0.2) is 48.5 Å². The van der Waals surface area contributed by atoms with E-state index in [1.807, 2.05) is 0 Å². The van der Waals surface area contributed by atoms with Gasteiger partial charge >= 0.3 is 12.1 Å². The summed E-state index contributed by atoms with van der Waals surface area (Å²) in [5.41, 5.74) is 6.59. The highest BCUT2D eigenvalue weighted by Gasteiger charge is 2.25. The van der Waals surface area contributed by atoms with Crippen LogP contribution in [0.5, 0.6) is 5.75 Å². The molecule has 1 amide bonds. The summed E-state index contributed by atoms with van der Waals surface area (Å²) in [6.45, 7) is 1.54. The summed E-state index contributed by atoms with van der Waals surface area (Å²) < 4.78 is 14.4. The first-order valence-electron chi connectivity index (χ1n) is 9.53. The minimum Gasteiger partial charge on any atom is -0.482 e. The molecule has 0 aliphatic carbocycles. The van der Waals surface area contributed by atoms with Crippen molar-refractivity contribution in [1.82, 2.24) is 5.32 Å². The predicted octanol–water partition coefficient (Wildman–Crippen LogP) is 1.70. The molecule has 0 aliphatic heterocycles. The van der Waals surface area contributed by atoms with Gasteiger partial charge in [0.05, 0.1) is 13.7 Å². The molecule has 0 fully saturated rings. The Bertz CT molecular complexity index is 1000. The van der Waals surface area contributed by atoms with Crippen LogP contribution in [-0.4, -0.2) is 55.8 Å². The fourth-order valence-electron chi connectivity index (χ4n) is 2.54. The lowest BCUT2D eigenvalue weighted by molar-refractivity contribution is -0.142. The zero-order valence-electron chi connectivity index (χ0n) is 17.5. The first kappa shape index (κ1) is 24.2. The number of rotatable bonds is 9. The van der Waals surface area contributed by atoms with Crippen LogP contribution in [0.3, 0.4) is 0 Å². The molecule has 32 heavy (non-hydrogen) atoms. The first-order chi connectivity index (χ1) is 15.3. The fraction of sp³-hybridized carbons (Fsp3) is 0.227. The molecule has 0 aromatic heterocycles. The number of nitrogens with two attached hydrogens (primary N) is 1. The van der Waals surface area contributed by atoms with Crippen LogP contribution in [0.1, 0.15) is 33.2 Å². The normalized spacial score (nSPS) is 11.1. The second kappa shape index (κ2) is 11.4. The molecule has 0 heterocycles. The van der Waals surface area contributed by atoms with E-state index >= 15 is 0 Å². The van der Waals surface area contributed by atoms with Crippen molar-refractivity contribution < 1.29 is 33.4 Å². The Kier molecular flexibility index (Phi) is 8.61. The summed E-state index contributed by atoms with van der Waals surface area (Å²) >= 11 is 0. The summed E-state index contributed by atoms with van der Waals surface area (Å²) in [5, 5.41) is 10.1. The van der Waals surface area contributed by atoms with Gasteiger partial charge in [0.25, 0.3) is 0 Å². The third kappa shape index (κ3) is 6.47. The van der Waals surface area contributed by atoms with E-state index in [9.17, 15) is 19.2 Å². The predicted molar refractivity (Wildman–Crippen MR) is 114 cm³/mol. The quantitative estimate of drug-likeness (QED) is 0.174. The highest BCUT2D eigenvalue weighted by atomic mass is 16.6. The van der Waals surface area contributed by atoms with Gasteiger partial charge in [-0.15, -0.1) is 0 Å². The standard InChI is InChI=1S/C22H23N3O7/c1-3-31-22(29)25-21(24)15-6-4-13(5-7-15)19(27)18(23)20(28)14-8-10-16(11-9-14)32-12-17(26)30-2/h4-11,18H,3,12,23H2,1-2H3,(H2,24,25,29). The van der Waals surface area contributed by atoms with Crippen molar-refractivity contribution >= 4 is 29.5 Å². The Morgan fingerprint density at radius 2 is 1.44 bits per heavy atom. The van der Waals surface area contributed by atoms with E-state index in [4.69, 9.17) is 20.6 Å². The summed E-state index contributed by atoms with van der Waals surface area (Å²) in [6.07, 6.45) is -0.757. The molecule has 0 saturated carbocycles. The number of hydrogen-bond donors (Lipinski definition) is 3. The van der Waals surface area contributed by atoms with E-state index in [1.165, 1.54) is 55.6 Å². The average molecular weight is 441 g/mol. The number of nitrogens with one attached hydrogen (secondary N) is 2. The highest BCUT2D eigenvalue weighted by molar-refractivity contribution is 6.19. The van der Waals surface area contributed by atoms with Crippen LogP contribution in [0, 0.1) is 5.41 Å². The summed E-state index contributed by atoms with van der Waals surface area (Å²) in [4.78, 5) is 47.7. The molecule has 1 atom stereocenters. The number of esters is 1. The van der Waals surface area contributed by atoms with Crippen molar-refractivity contribution in [1.29, 1.82) is 5.41 Å². The maximum Gasteiger partial charge on any atom is 0.412 e.